The number of halogens is 1. The lowest BCUT2D eigenvalue weighted by Gasteiger charge is -2.21. The topological polar surface area (TPSA) is 25.8 Å². The van der Waals surface area contributed by atoms with Crippen LogP contribution in [0, 0.1) is 6.92 Å². The van der Waals surface area contributed by atoms with Gasteiger partial charge >= 0.3 is 0 Å². The SMILES string of the molecule is Cc1cnc(C2(C)CCCS2)nc1CBr. The minimum atomic E-state index is 0.143. The second kappa shape index (κ2) is 4.42. The Kier molecular flexibility index (Phi) is 3.36. The summed E-state index contributed by atoms with van der Waals surface area (Å²) < 4.78 is 0.143. The predicted molar refractivity (Wildman–Crippen MR) is 68.4 cm³/mol. The Labute approximate surface area is 103 Å². The van der Waals surface area contributed by atoms with Gasteiger partial charge in [-0.15, -0.1) is 11.8 Å². The van der Waals surface area contributed by atoms with Crippen molar-refractivity contribution in [3.63, 3.8) is 0 Å². The molecule has 2 nitrogen and oxygen atoms in total. The molecule has 2 rings (SSSR count). The first-order valence-corrected chi connectivity index (χ1v) is 7.29. The van der Waals surface area contributed by atoms with Gasteiger partial charge in [0.2, 0.25) is 0 Å². The maximum Gasteiger partial charge on any atom is 0.144 e. The van der Waals surface area contributed by atoms with Gasteiger partial charge in [-0.2, -0.15) is 0 Å². The molecule has 4 heteroatoms. The molecule has 0 aliphatic carbocycles. The van der Waals surface area contributed by atoms with Crippen molar-refractivity contribution in [3.05, 3.63) is 23.3 Å². The van der Waals surface area contributed by atoms with Crippen LogP contribution >= 0.6 is 27.7 Å². The van der Waals surface area contributed by atoms with Gasteiger partial charge in [0.15, 0.2) is 0 Å². The molecule has 1 saturated heterocycles. The zero-order chi connectivity index (χ0) is 10.9. The first-order valence-electron chi connectivity index (χ1n) is 5.18. The van der Waals surface area contributed by atoms with Crippen LogP contribution in [0.25, 0.3) is 0 Å². The highest BCUT2D eigenvalue weighted by Gasteiger charge is 2.34. The van der Waals surface area contributed by atoms with Gasteiger partial charge in [-0.25, -0.2) is 9.97 Å². The molecule has 0 radical (unpaired) electrons. The van der Waals surface area contributed by atoms with Gasteiger partial charge in [0.25, 0.3) is 0 Å². The average molecular weight is 287 g/mol. The highest BCUT2D eigenvalue weighted by Crippen LogP contribution is 2.44. The normalized spacial score (nSPS) is 25.8. The lowest BCUT2D eigenvalue weighted by Crippen LogP contribution is -2.18. The van der Waals surface area contributed by atoms with Gasteiger partial charge in [-0.1, -0.05) is 15.9 Å². The Morgan fingerprint density at radius 3 is 3.00 bits per heavy atom. The molecule has 0 amide bonds. The summed E-state index contributed by atoms with van der Waals surface area (Å²) in [6.45, 7) is 4.32. The van der Waals surface area contributed by atoms with E-state index in [9.17, 15) is 0 Å². The molecule has 1 aliphatic rings. The molecule has 1 unspecified atom stereocenters. The zero-order valence-electron chi connectivity index (χ0n) is 9.09. The van der Waals surface area contributed by atoms with Gasteiger partial charge in [0, 0.05) is 11.5 Å². The van der Waals surface area contributed by atoms with Crippen LogP contribution in [-0.2, 0) is 10.1 Å². The van der Waals surface area contributed by atoms with Gasteiger partial charge in [-0.05, 0) is 38.0 Å². The molecule has 0 spiro atoms. The number of hydrogen-bond acceptors (Lipinski definition) is 3. The fourth-order valence-corrected chi connectivity index (χ4v) is 3.65. The van der Waals surface area contributed by atoms with Crippen molar-refractivity contribution < 1.29 is 0 Å². The van der Waals surface area contributed by atoms with E-state index in [2.05, 4.69) is 39.7 Å². The van der Waals surface area contributed by atoms with E-state index in [0.717, 1.165) is 16.8 Å². The van der Waals surface area contributed by atoms with Crippen molar-refractivity contribution >= 4 is 27.7 Å². The molecule has 82 valence electrons. The first-order chi connectivity index (χ1) is 7.15. The van der Waals surface area contributed by atoms with Crippen LogP contribution in [0.2, 0.25) is 0 Å². The molecule has 1 atom stereocenters. The second-order valence-electron chi connectivity index (χ2n) is 4.14. The van der Waals surface area contributed by atoms with Crippen molar-refractivity contribution in [2.75, 3.05) is 5.75 Å². The van der Waals surface area contributed by atoms with E-state index in [1.807, 2.05) is 18.0 Å². The Morgan fingerprint density at radius 2 is 2.40 bits per heavy atom. The monoisotopic (exact) mass is 286 g/mol. The highest BCUT2D eigenvalue weighted by atomic mass is 79.9. The highest BCUT2D eigenvalue weighted by molar-refractivity contribution is 9.08. The zero-order valence-corrected chi connectivity index (χ0v) is 11.5. The number of nitrogens with zero attached hydrogens (tertiary/aromatic N) is 2. The molecule has 0 aromatic carbocycles. The molecule has 1 aromatic rings. The number of aryl methyl sites for hydroxylation is 1. The van der Waals surface area contributed by atoms with E-state index in [4.69, 9.17) is 0 Å². The van der Waals surface area contributed by atoms with Crippen LogP contribution in [-0.4, -0.2) is 15.7 Å². The van der Waals surface area contributed by atoms with Crippen LogP contribution < -0.4 is 0 Å². The van der Waals surface area contributed by atoms with E-state index in [1.165, 1.54) is 24.2 Å². The minimum absolute atomic E-state index is 0.143. The van der Waals surface area contributed by atoms with Crippen LogP contribution in [0.4, 0.5) is 0 Å². The van der Waals surface area contributed by atoms with Crippen molar-refractivity contribution in [2.45, 2.75) is 36.8 Å². The standard InChI is InChI=1S/C11H15BrN2S/c1-8-7-13-10(14-9(8)6-12)11(2)4-3-5-15-11/h7H,3-6H2,1-2H3. The maximum atomic E-state index is 4.67. The molecule has 1 fully saturated rings. The quantitative estimate of drug-likeness (QED) is 0.779. The minimum Gasteiger partial charge on any atom is -0.240 e. The fraction of sp³-hybridized carbons (Fsp3) is 0.636. The predicted octanol–water partition coefficient (Wildman–Crippen LogP) is 3.42. The van der Waals surface area contributed by atoms with Gasteiger partial charge in [0.05, 0.1) is 10.4 Å². The summed E-state index contributed by atoms with van der Waals surface area (Å²) in [5.74, 6) is 2.24. The number of rotatable bonds is 2. The van der Waals surface area contributed by atoms with Crippen LogP contribution in [0.5, 0.6) is 0 Å². The summed E-state index contributed by atoms with van der Waals surface area (Å²) in [5.41, 5.74) is 2.29. The van der Waals surface area contributed by atoms with Crippen LogP contribution in [0.15, 0.2) is 6.20 Å². The van der Waals surface area contributed by atoms with Crippen molar-refractivity contribution in [2.24, 2.45) is 0 Å². The fourth-order valence-electron chi connectivity index (χ4n) is 1.82. The molecule has 0 saturated carbocycles. The number of thioether (sulfide) groups is 1. The van der Waals surface area contributed by atoms with Crippen molar-refractivity contribution in [1.29, 1.82) is 0 Å². The first kappa shape index (κ1) is 11.4. The molecule has 0 N–H and O–H groups in total. The van der Waals surface area contributed by atoms with E-state index in [1.54, 1.807) is 0 Å². The van der Waals surface area contributed by atoms with Gasteiger partial charge < -0.3 is 0 Å². The number of aromatic nitrogens is 2. The van der Waals surface area contributed by atoms with Crippen molar-refractivity contribution in [1.82, 2.24) is 9.97 Å². The van der Waals surface area contributed by atoms with Gasteiger partial charge in [0.1, 0.15) is 5.82 Å². The molecule has 2 heterocycles. The van der Waals surface area contributed by atoms with E-state index < -0.39 is 0 Å². The van der Waals surface area contributed by atoms with E-state index in [-0.39, 0.29) is 4.75 Å². The Balaban J connectivity index is 2.36. The molecule has 15 heavy (non-hydrogen) atoms. The molecule has 1 aliphatic heterocycles. The molecule has 1 aromatic heterocycles. The van der Waals surface area contributed by atoms with Crippen LogP contribution in [0.3, 0.4) is 0 Å². The smallest absolute Gasteiger partial charge is 0.144 e. The Hall–Kier alpha value is -0.0900. The molecule has 0 bridgehead atoms. The van der Waals surface area contributed by atoms with Crippen molar-refractivity contribution in [3.8, 4) is 0 Å². The average Bonchev–Trinajstić information content (AvgIpc) is 2.67. The summed E-state index contributed by atoms with van der Waals surface area (Å²) in [7, 11) is 0. The lowest BCUT2D eigenvalue weighted by atomic mass is 10.0. The molecular formula is C11H15BrN2S. The third kappa shape index (κ3) is 2.21. The summed E-state index contributed by atoms with van der Waals surface area (Å²) >= 11 is 5.45. The Morgan fingerprint density at radius 1 is 1.60 bits per heavy atom. The Bertz CT molecular complexity index is 362. The maximum absolute atomic E-state index is 4.67. The summed E-state index contributed by atoms with van der Waals surface area (Å²) in [6, 6.07) is 0. The molecular weight excluding hydrogens is 272 g/mol. The summed E-state index contributed by atoms with van der Waals surface area (Å²) in [4.78, 5) is 9.15. The van der Waals surface area contributed by atoms with Gasteiger partial charge in [-0.3, -0.25) is 0 Å². The summed E-state index contributed by atoms with van der Waals surface area (Å²) in [5, 5.41) is 0.815. The third-order valence-electron chi connectivity index (χ3n) is 2.89. The third-order valence-corrected chi connectivity index (χ3v) is 4.94. The largest absolute Gasteiger partial charge is 0.240 e. The van der Waals surface area contributed by atoms with E-state index in [0.29, 0.717) is 0 Å². The summed E-state index contributed by atoms with van der Waals surface area (Å²) in [6.07, 6.45) is 4.42. The number of hydrogen-bond donors (Lipinski definition) is 0. The number of alkyl halides is 1. The lowest BCUT2D eigenvalue weighted by molar-refractivity contribution is 0.600. The second-order valence-corrected chi connectivity index (χ2v) is 6.30. The van der Waals surface area contributed by atoms with E-state index >= 15 is 0 Å². The van der Waals surface area contributed by atoms with Crippen LogP contribution in [0.1, 0.15) is 36.8 Å².